The third-order valence-electron chi connectivity index (χ3n) is 3.36. The molecule has 0 bridgehead atoms. The number of hydrogen-bond donors (Lipinski definition) is 1. The first-order valence-electron chi connectivity index (χ1n) is 6.44. The van der Waals surface area contributed by atoms with Gasteiger partial charge in [0.1, 0.15) is 0 Å². The van der Waals surface area contributed by atoms with Gasteiger partial charge in [-0.15, -0.1) is 11.3 Å². The van der Waals surface area contributed by atoms with Crippen LogP contribution in [0.3, 0.4) is 0 Å². The quantitative estimate of drug-likeness (QED) is 0.840. The zero-order valence-electron chi connectivity index (χ0n) is 11.8. The molecular weight excluding hydrogens is 327 g/mol. The van der Waals surface area contributed by atoms with Crippen LogP contribution in [0.2, 0.25) is 10.0 Å². The molecule has 0 radical (unpaired) electrons. The maximum Gasteiger partial charge on any atom is 0.253 e. The van der Waals surface area contributed by atoms with Gasteiger partial charge in [0, 0.05) is 30.0 Å². The van der Waals surface area contributed by atoms with Crippen molar-refractivity contribution in [2.24, 2.45) is 0 Å². The second-order valence-corrected chi connectivity index (χ2v) is 6.73. The van der Waals surface area contributed by atoms with Crippen molar-refractivity contribution in [1.29, 1.82) is 0 Å². The van der Waals surface area contributed by atoms with Gasteiger partial charge in [0.25, 0.3) is 5.91 Å². The van der Waals surface area contributed by atoms with E-state index in [0.29, 0.717) is 16.3 Å². The van der Waals surface area contributed by atoms with Crippen LogP contribution in [0.25, 0.3) is 0 Å². The predicted octanol–water partition coefficient (Wildman–Crippen LogP) is 4.34. The standard InChI is InChI=1S/C15H16Cl2N2OS/c1-9(6-11-4-3-5-21-11)19(2)15(20)10-7-12(16)14(17)13(18)8-10/h3-5,7-9H,6,18H2,1-2H3. The largest absolute Gasteiger partial charge is 0.397 e. The number of nitrogens with two attached hydrogens (primary N) is 1. The molecule has 112 valence electrons. The van der Waals surface area contributed by atoms with Crippen LogP contribution in [0.5, 0.6) is 0 Å². The van der Waals surface area contributed by atoms with Crippen molar-refractivity contribution in [2.45, 2.75) is 19.4 Å². The molecular formula is C15H16Cl2N2OS. The first-order chi connectivity index (χ1) is 9.90. The lowest BCUT2D eigenvalue weighted by Gasteiger charge is -2.25. The third-order valence-corrected chi connectivity index (χ3v) is 5.08. The van der Waals surface area contributed by atoms with Crippen molar-refractivity contribution < 1.29 is 4.79 Å². The second kappa shape index (κ2) is 6.69. The third kappa shape index (κ3) is 3.70. The summed E-state index contributed by atoms with van der Waals surface area (Å²) >= 11 is 13.6. The number of nitrogen functional groups attached to an aromatic ring is 1. The topological polar surface area (TPSA) is 46.3 Å². The van der Waals surface area contributed by atoms with Crippen LogP contribution in [0.15, 0.2) is 29.6 Å². The number of likely N-dealkylation sites (N-methyl/N-ethyl adjacent to an activating group) is 1. The molecule has 2 N–H and O–H groups in total. The van der Waals surface area contributed by atoms with E-state index in [1.165, 1.54) is 4.88 Å². The summed E-state index contributed by atoms with van der Waals surface area (Å²) in [4.78, 5) is 15.4. The Balaban J connectivity index is 2.15. The van der Waals surface area contributed by atoms with E-state index in [1.54, 1.807) is 35.4 Å². The van der Waals surface area contributed by atoms with Crippen LogP contribution >= 0.6 is 34.5 Å². The Bertz CT molecular complexity index is 620. The van der Waals surface area contributed by atoms with Crippen molar-refractivity contribution in [2.75, 3.05) is 12.8 Å². The summed E-state index contributed by atoms with van der Waals surface area (Å²) in [6.07, 6.45) is 0.816. The normalized spacial score (nSPS) is 12.2. The molecule has 2 aromatic rings. The van der Waals surface area contributed by atoms with E-state index < -0.39 is 0 Å². The summed E-state index contributed by atoms with van der Waals surface area (Å²) in [5.74, 6) is -0.121. The van der Waals surface area contributed by atoms with Gasteiger partial charge in [-0.2, -0.15) is 0 Å². The summed E-state index contributed by atoms with van der Waals surface area (Å²) < 4.78 is 0. The van der Waals surface area contributed by atoms with Crippen molar-refractivity contribution in [3.63, 3.8) is 0 Å². The van der Waals surface area contributed by atoms with Crippen molar-refractivity contribution in [1.82, 2.24) is 4.90 Å². The van der Waals surface area contributed by atoms with E-state index in [0.717, 1.165) is 6.42 Å². The fraction of sp³-hybridized carbons (Fsp3) is 0.267. The van der Waals surface area contributed by atoms with Gasteiger partial charge in [-0.25, -0.2) is 0 Å². The van der Waals surface area contributed by atoms with Crippen LogP contribution in [0.1, 0.15) is 22.2 Å². The van der Waals surface area contributed by atoms with Crippen molar-refractivity contribution in [3.05, 3.63) is 50.1 Å². The summed E-state index contributed by atoms with van der Waals surface area (Å²) in [5.41, 5.74) is 6.52. The van der Waals surface area contributed by atoms with E-state index in [2.05, 4.69) is 6.07 Å². The number of anilines is 1. The highest BCUT2D eigenvalue weighted by molar-refractivity contribution is 7.09. The minimum absolute atomic E-state index is 0.0758. The summed E-state index contributed by atoms with van der Waals surface area (Å²) in [7, 11) is 1.78. The van der Waals surface area contributed by atoms with Gasteiger partial charge in [0.05, 0.1) is 15.7 Å². The summed E-state index contributed by atoms with van der Waals surface area (Å²) in [5, 5.41) is 2.60. The summed E-state index contributed by atoms with van der Waals surface area (Å²) in [6.45, 7) is 2.01. The first-order valence-corrected chi connectivity index (χ1v) is 8.07. The van der Waals surface area contributed by atoms with E-state index in [4.69, 9.17) is 28.9 Å². The molecule has 2 rings (SSSR count). The Hall–Kier alpha value is -1.23. The van der Waals surface area contributed by atoms with Gasteiger partial charge in [-0.1, -0.05) is 29.3 Å². The molecule has 3 nitrogen and oxygen atoms in total. The number of halogens is 2. The minimum Gasteiger partial charge on any atom is -0.397 e. The van der Waals surface area contributed by atoms with Crippen LogP contribution < -0.4 is 5.73 Å². The molecule has 0 spiro atoms. The van der Waals surface area contributed by atoms with Crippen molar-refractivity contribution >= 4 is 46.1 Å². The molecule has 1 unspecified atom stereocenters. The zero-order valence-corrected chi connectivity index (χ0v) is 14.1. The maximum absolute atomic E-state index is 12.5. The lowest BCUT2D eigenvalue weighted by atomic mass is 10.1. The van der Waals surface area contributed by atoms with E-state index >= 15 is 0 Å². The highest BCUT2D eigenvalue weighted by Crippen LogP contribution is 2.30. The molecule has 6 heteroatoms. The van der Waals surface area contributed by atoms with Gasteiger partial charge in [-0.05, 0) is 30.5 Å². The number of thiophene rings is 1. The van der Waals surface area contributed by atoms with Gasteiger partial charge in [0.2, 0.25) is 0 Å². The van der Waals surface area contributed by atoms with Crippen molar-refractivity contribution in [3.8, 4) is 0 Å². The number of hydrogen-bond acceptors (Lipinski definition) is 3. The summed E-state index contributed by atoms with van der Waals surface area (Å²) in [6, 6.07) is 7.26. The number of rotatable bonds is 4. The van der Waals surface area contributed by atoms with E-state index in [9.17, 15) is 4.79 Å². The SMILES string of the molecule is CC(Cc1cccs1)N(C)C(=O)c1cc(N)c(Cl)c(Cl)c1. The second-order valence-electron chi connectivity index (χ2n) is 4.91. The molecule has 0 aliphatic carbocycles. The van der Waals surface area contributed by atoms with E-state index in [-0.39, 0.29) is 17.0 Å². The number of benzene rings is 1. The number of nitrogens with zero attached hydrogens (tertiary/aromatic N) is 1. The average Bonchev–Trinajstić information content (AvgIpc) is 2.95. The Labute approximate surface area is 138 Å². The lowest BCUT2D eigenvalue weighted by Crippen LogP contribution is -2.36. The fourth-order valence-electron chi connectivity index (χ4n) is 1.99. The number of amides is 1. The van der Waals surface area contributed by atoms with Gasteiger partial charge in [0.15, 0.2) is 0 Å². The van der Waals surface area contributed by atoms with Crippen LogP contribution in [-0.4, -0.2) is 23.9 Å². The minimum atomic E-state index is -0.121. The monoisotopic (exact) mass is 342 g/mol. The first kappa shape index (κ1) is 16.1. The Morgan fingerprint density at radius 2 is 2.14 bits per heavy atom. The maximum atomic E-state index is 12.5. The molecule has 0 fully saturated rings. The molecule has 1 amide bonds. The molecule has 0 aliphatic rings. The van der Waals surface area contributed by atoms with Crippen LogP contribution in [0.4, 0.5) is 5.69 Å². The molecule has 0 saturated carbocycles. The van der Waals surface area contributed by atoms with Crippen LogP contribution in [0, 0.1) is 0 Å². The molecule has 1 heterocycles. The number of carbonyl (C=O) groups is 1. The van der Waals surface area contributed by atoms with Gasteiger partial charge in [-0.3, -0.25) is 4.79 Å². The zero-order chi connectivity index (χ0) is 15.6. The van der Waals surface area contributed by atoms with Crippen LogP contribution in [-0.2, 0) is 6.42 Å². The fourth-order valence-corrected chi connectivity index (χ4v) is 3.16. The predicted molar refractivity (Wildman–Crippen MR) is 90.5 cm³/mol. The average molecular weight is 343 g/mol. The van der Waals surface area contributed by atoms with E-state index in [1.807, 2.05) is 18.4 Å². The molecule has 21 heavy (non-hydrogen) atoms. The molecule has 1 atom stereocenters. The lowest BCUT2D eigenvalue weighted by molar-refractivity contribution is 0.0744. The smallest absolute Gasteiger partial charge is 0.253 e. The molecule has 1 aromatic carbocycles. The molecule has 0 aliphatic heterocycles. The number of carbonyl (C=O) groups excluding carboxylic acids is 1. The Morgan fingerprint density at radius 1 is 1.43 bits per heavy atom. The Kier molecular flexibility index (Phi) is 5.14. The molecule has 0 saturated heterocycles. The molecule has 1 aromatic heterocycles. The highest BCUT2D eigenvalue weighted by atomic mass is 35.5. The van der Waals surface area contributed by atoms with Gasteiger partial charge >= 0.3 is 0 Å². The Morgan fingerprint density at radius 3 is 2.71 bits per heavy atom. The van der Waals surface area contributed by atoms with Gasteiger partial charge < -0.3 is 10.6 Å². The highest BCUT2D eigenvalue weighted by Gasteiger charge is 2.20.